The zero-order valence-electron chi connectivity index (χ0n) is 15.7. The molecule has 1 aromatic heterocycles. The molecule has 5 nitrogen and oxygen atoms in total. The second kappa shape index (κ2) is 9.37. The first-order valence-electron chi connectivity index (χ1n) is 9.27. The topological polar surface area (TPSA) is 60.5 Å². The summed E-state index contributed by atoms with van der Waals surface area (Å²) in [6.45, 7) is 5.43. The van der Waals surface area contributed by atoms with Crippen LogP contribution in [-0.4, -0.2) is 24.1 Å². The number of nitrogens with zero attached hydrogens (tertiary/aromatic N) is 1. The van der Waals surface area contributed by atoms with Crippen LogP contribution in [0.25, 0.3) is 10.2 Å². The van der Waals surface area contributed by atoms with Gasteiger partial charge in [-0.15, -0.1) is 0 Å². The van der Waals surface area contributed by atoms with Gasteiger partial charge in [0, 0.05) is 5.56 Å². The number of amides is 1. The van der Waals surface area contributed by atoms with Crippen molar-refractivity contribution in [2.24, 2.45) is 0 Å². The average molecular weight is 385 g/mol. The third-order valence-electron chi connectivity index (χ3n) is 4.02. The Morgan fingerprint density at radius 3 is 2.56 bits per heavy atom. The number of rotatable bonds is 9. The van der Waals surface area contributed by atoms with Crippen LogP contribution in [0.4, 0.5) is 5.13 Å². The van der Waals surface area contributed by atoms with E-state index in [0.717, 1.165) is 34.6 Å². The number of ether oxygens (including phenoxy) is 2. The van der Waals surface area contributed by atoms with Crippen LogP contribution in [0, 0.1) is 0 Å². The molecule has 0 spiro atoms. The minimum atomic E-state index is -0.184. The van der Waals surface area contributed by atoms with Gasteiger partial charge in [0.05, 0.1) is 23.4 Å². The molecule has 1 N–H and O–H groups in total. The largest absolute Gasteiger partial charge is 0.494 e. The first kappa shape index (κ1) is 19.2. The summed E-state index contributed by atoms with van der Waals surface area (Å²) < 4.78 is 12.2. The van der Waals surface area contributed by atoms with Gasteiger partial charge in [0.2, 0.25) is 0 Å². The number of hydrogen-bond acceptors (Lipinski definition) is 5. The van der Waals surface area contributed by atoms with Gasteiger partial charge in [-0.3, -0.25) is 10.1 Å². The minimum absolute atomic E-state index is 0.184. The Morgan fingerprint density at radius 1 is 1.04 bits per heavy atom. The van der Waals surface area contributed by atoms with Crippen molar-refractivity contribution in [2.45, 2.75) is 33.1 Å². The Kier molecular flexibility index (Phi) is 6.65. The van der Waals surface area contributed by atoms with Gasteiger partial charge in [-0.25, -0.2) is 4.98 Å². The Balaban J connectivity index is 1.62. The quantitative estimate of drug-likeness (QED) is 0.494. The normalized spacial score (nSPS) is 10.7. The van der Waals surface area contributed by atoms with E-state index in [9.17, 15) is 4.79 Å². The highest BCUT2D eigenvalue weighted by molar-refractivity contribution is 7.22. The molecule has 0 aliphatic rings. The van der Waals surface area contributed by atoms with Crippen LogP contribution in [0.15, 0.2) is 42.5 Å². The van der Waals surface area contributed by atoms with Crippen molar-refractivity contribution in [3.05, 3.63) is 48.0 Å². The van der Waals surface area contributed by atoms with Gasteiger partial charge >= 0.3 is 0 Å². The molecule has 0 atom stereocenters. The smallest absolute Gasteiger partial charge is 0.257 e. The highest BCUT2D eigenvalue weighted by Crippen LogP contribution is 2.29. The first-order chi connectivity index (χ1) is 13.2. The molecule has 27 heavy (non-hydrogen) atoms. The summed E-state index contributed by atoms with van der Waals surface area (Å²) in [5, 5.41) is 3.44. The lowest BCUT2D eigenvalue weighted by Gasteiger charge is -2.06. The van der Waals surface area contributed by atoms with Gasteiger partial charge in [-0.2, -0.15) is 0 Å². The van der Waals surface area contributed by atoms with Crippen LogP contribution < -0.4 is 14.8 Å². The highest BCUT2D eigenvalue weighted by Gasteiger charge is 2.11. The summed E-state index contributed by atoms with van der Waals surface area (Å²) in [6.07, 6.45) is 3.37. The number of anilines is 1. The molecule has 0 aliphatic carbocycles. The lowest BCUT2D eigenvalue weighted by atomic mass is 10.2. The molecule has 0 unspecified atom stereocenters. The zero-order valence-corrected chi connectivity index (χ0v) is 16.5. The second-order valence-corrected chi connectivity index (χ2v) is 7.15. The van der Waals surface area contributed by atoms with Crippen LogP contribution in [0.2, 0.25) is 0 Å². The molecular formula is C21H24N2O3S. The molecule has 1 heterocycles. The molecule has 0 saturated carbocycles. The molecule has 6 heteroatoms. The number of carbonyl (C=O) groups is 1. The van der Waals surface area contributed by atoms with Crippen LogP contribution >= 0.6 is 11.3 Å². The van der Waals surface area contributed by atoms with Gasteiger partial charge in [0.25, 0.3) is 5.91 Å². The Morgan fingerprint density at radius 2 is 1.81 bits per heavy atom. The van der Waals surface area contributed by atoms with Gasteiger partial charge < -0.3 is 9.47 Å². The Bertz CT molecular complexity index is 890. The van der Waals surface area contributed by atoms with Gasteiger partial charge in [0.15, 0.2) is 5.13 Å². The predicted molar refractivity (Wildman–Crippen MR) is 110 cm³/mol. The van der Waals surface area contributed by atoms with Gasteiger partial charge in [-0.05, 0) is 55.8 Å². The van der Waals surface area contributed by atoms with Crippen LogP contribution in [0.1, 0.15) is 43.5 Å². The summed E-state index contributed by atoms with van der Waals surface area (Å²) in [6, 6.07) is 12.9. The van der Waals surface area contributed by atoms with Crippen molar-refractivity contribution in [1.82, 2.24) is 4.98 Å². The number of fused-ring (bicyclic) bond motifs is 1. The molecule has 0 aliphatic heterocycles. The summed E-state index contributed by atoms with van der Waals surface area (Å²) in [7, 11) is 0. The number of thiazole rings is 1. The summed E-state index contributed by atoms with van der Waals surface area (Å²) in [5.74, 6) is 1.41. The fraction of sp³-hybridized carbons (Fsp3) is 0.333. The van der Waals surface area contributed by atoms with Crippen molar-refractivity contribution >= 4 is 32.6 Å². The summed E-state index contributed by atoms with van der Waals surface area (Å²) in [5.41, 5.74) is 1.42. The molecule has 0 saturated heterocycles. The first-order valence-corrected chi connectivity index (χ1v) is 10.1. The monoisotopic (exact) mass is 384 g/mol. The average Bonchev–Trinajstić information content (AvgIpc) is 3.07. The van der Waals surface area contributed by atoms with Crippen molar-refractivity contribution < 1.29 is 14.3 Å². The minimum Gasteiger partial charge on any atom is -0.494 e. The van der Waals surface area contributed by atoms with E-state index in [4.69, 9.17) is 9.47 Å². The number of unbranched alkanes of at least 4 members (excludes halogenated alkanes) is 2. The standard InChI is InChI=1S/C21H24N2O3S/c1-3-5-6-13-26-16-9-7-15(8-10-16)20(24)23-21-22-18-12-11-17(25-4-2)14-19(18)27-21/h7-12,14H,3-6,13H2,1-2H3,(H,22,23,24). The number of aromatic nitrogens is 1. The molecule has 1 amide bonds. The van der Waals surface area contributed by atoms with E-state index >= 15 is 0 Å². The molecule has 0 fully saturated rings. The maximum absolute atomic E-state index is 12.5. The maximum Gasteiger partial charge on any atom is 0.257 e. The Labute approximate surface area is 163 Å². The predicted octanol–water partition coefficient (Wildman–Crippen LogP) is 5.52. The molecule has 0 radical (unpaired) electrons. The molecule has 0 bridgehead atoms. The third-order valence-corrected chi connectivity index (χ3v) is 4.96. The molecule has 2 aromatic carbocycles. The molecule has 142 valence electrons. The van der Waals surface area contributed by atoms with E-state index in [1.165, 1.54) is 17.8 Å². The number of carbonyl (C=O) groups excluding carboxylic acids is 1. The van der Waals surface area contributed by atoms with Gasteiger partial charge in [-0.1, -0.05) is 31.1 Å². The molecular weight excluding hydrogens is 360 g/mol. The van der Waals surface area contributed by atoms with Crippen molar-refractivity contribution in [2.75, 3.05) is 18.5 Å². The van der Waals surface area contributed by atoms with Crippen LogP contribution in [0.3, 0.4) is 0 Å². The summed E-state index contributed by atoms with van der Waals surface area (Å²) in [4.78, 5) is 16.9. The van der Waals surface area contributed by atoms with E-state index in [-0.39, 0.29) is 5.91 Å². The number of hydrogen-bond donors (Lipinski definition) is 1. The van der Waals surface area contributed by atoms with Crippen molar-refractivity contribution in [1.29, 1.82) is 0 Å². The number of benzene rings is 2. The van der Waals surface area contributed by atoms with Crippen LogP contribution in [0.5, 0.6) is 11.5 Å². The van der Waals surface area contributed by atoms with Crippen molar-refractivity contribution in [3.8, 4) is 11.5 Å². The highest BCUT2D eigenvalue weighted by atomic mass is 32.1. The fourth-order valence-corrected chi connectivity index (χ4v) is 3.52. The van der Waals surface area contributed by atoms with E-state index in [0.29, 0.717) is 23.9 Å². The molecule has 3 aromatic rings. The van der Waals surface area contributed by atoms with E-state index in [1.807, 2.05) is 37.3 Å². The second-order valence-electron chi connectivity index (χ2n) is 6.12. The molecule has 3 rings (SSSR count). The van der Waals surface area contributed by atoms with Crippen LogP contribution in [-0.2, 0) is 0 Å². The van der Waals surface area contributed by atoms with Crippen molar-refractivity contribution in [3.63, 3.8) is 0 Å². The summed E-state index contributed by atoms with van der Waals surface area (Å²) >= 11 is 1.43. The maximum atomic E-state index is 12.5. The Hall–Kier alpha value is -2.60. The van der Waals surface area contributed by atoms with E-state index in [1.54, 1.807) is 12.1 Å². The SMILES string of the molecule is CCCCCOc1ccc(C(=O)Nc2nc3ccc(OCC)cc3s2)cc1. The fourth-order valence-electron chi connectivity index (χ4n) is 2.63. The number of nitrogens with one attached hydrogen (secondary N) is 1. The lowest BCUT2D eigenvalue weighted by molar-refractivity contribution is 0.102. The third kappa shape index (κ3) is 5.20. The lowest BCUT2D eigenvalue weighted by Crippen LogP contribution is -2.11. The van der Waals surface area contributed by atoms with E-state index in [2.05, 4.69) is 17.2 Å². The van der Waals surface area contributed by atoms with Gasteiger partial charge in [0.1, 0.15) is 11.5 Å². The van der Waals surface area contributed by atoms with E-state index < -0.39 is 0 Å². The zero-order chi connectivity index (χ0) is 19.1.